The van der Waals surface area contributed by atoms with Gasteiger partial charge in [0.25, 0.3) is 5.91 Å². The summed E-state index contributed by atoms with van der Waals surface area (Å²) in [6.07, 6.45) is 7.46. The molecule has 1 amide bonds. The van der Waals surface area contributed by atoms with Gasteiger partial charge in [-0.1, -0.05) is 6.92 Å². The molecule has 110 valence electrons. The molecule has 0 spiro atoms. The van der Waals surface area contributed by atoms with Crippen molar-refractivity contribution in [3.8, 4) is 0 Å². The first kappa shape index (κ1) is 14.0. The van der Waals surface area contributed by atoms with Gasteiger partial charge in [0.05, 0.1) is 11.2 Å². The number of likely N-dealkylation sites (tertiary alicyclic amines) is 2. The molecular formula is C15H23N3OS. The highest BCUT2D eigenvalue weighted by molar-refractivity contribution is 7.13. The van der Waals surface area contributed by atoms with Crippen molar-refractivity contribution in [2.45, 2.75) is 51.1 Å². The number of hydrogen-bond acceptors (Lipinski definition) is 4. The maximum atomic E-state index is 12.7. The number of hydrogen-bond donors (Lipinski definition) is 0. The maximum Gasteiger partial charge on any atom is 0.265 e. The average molecular weight is 293 g/mol. The van der Waals surface area contributed by atoms with Crippen molar-refractivity contribution >= 4 is 17.2 Å². The smallest absolute Gasteiger partial charge is 0.265 e. The standard InChI is InChI=1S/C15H23N3OS/c1-3-14-16-10-13(20-14)15(19)18-9-5-7-12(18)11-6-4-8-17(11)2/h10-12H,3-9H2,1-2H3/t11-,12-/m0/s1. The molecule has 3 rings (SSSR count). The SMILES string of the molecule is CCc1ncc(C(=O)N2CCC[C@H]2[C@@H]2CCCN2C)s1. The van der Waals surface area contributed by atoms with Crippen LogP contribution in [0.25, 0.3) is 0 Å². The number of rotatable bonds is 3. The summed E-state index contributed by atoms with van der Waals surface area (Å²) in [7, 11) is 2.19. The fraction of sp³-hybridized carbons (Fsp3) is 0.733. The second kappa shape index (κ2) is 5.82. The highest BCUT2D eigenvalue weighted by atomic mass is 32.1. The third-order valence-electron chi connectivity index (χ3n) is 4.65. The van der Waals surface area contributed by atoms with E-state index in [0.29, 0.717) is 12.1 Å². The van der Waals surface area contributed by atoms with Gasteiger partial charge in [0.15, 0.2) is 0 Å². The van der Waals surface area contributed by atoms with Crippen LogP contribution in [0, 0.1) is 0 Å². The van der Waals surface area contributed by atoms with Crippen molar-refractivity contribution in [3.05, 3.63) is 16.1 Å². The zero-order valence-electron chi connectivity index (χ0n) is 12.3. The molecule has 0 aliphatic carbocycles. The Balaban J connectivity index is 1.76. The van der Waals surface area contributed by atoms with Crippen molar-refractivity contribution < 1.29 is 4.79 Å². The Morgan fingerprint density at radius 3 is 2.75 bits per heavy atom. The van der Waals surface area contributed by atoms with Crippen LogP contribution < -0.4 is 0 Å². The summed E-state index contributed by atoms with van der Waals surface area (Å²) in [6, 6.07) is 0.960. The highest BCUT2D eigenvalue weighted by Gasteiger charge is 2.38. The zero-order chi connectivity index (χ0) is 14.1. The summed E-state index contributed by atoms with van der Waals surface area (Å²) in [5.74, 6) is 0.199. The summed E-state index contributed by atoms with van der Waals surface area (Å²) in [5, 5.41) is 1.06. The normalized spacial score (nSPS) is 27.4. The molecule has 0 radical (unpaired) electrons. The van der Waals surface area contributed by atoms with Crippen LogP contribution in [-0.4, -0.2) is 52.9 Å². The molecule has 2 atom stereocenters. The van der Waals surface area contributed by atoms with Crippen LogP contribution in [0.5, 0.6) is 0 Å². The van der Waals surface area contributed by atoms with Gasteiger partial charge in [-0.25, -0.2) is 4.98 Å². The molecule has 4 nitrogen and oxygen atoms in total. The number of aryl methyl sites for hydroxylation is 1. The lowest BCUT2D eigenvalue weighted by atomic mass is 10.0. The third-order valence-corrected chi connectivity index (χ3v) is 5.78. The Morgan fingerprint density at radius 2 is 2.10 bits per heavy atom. The van der Waals surface area contributed by atoms with Gasteiger partial charge in [-0.15, -0.1) is 11.3 Å². The Morgan fingerprint density at radius 1 is 1.35 bits per heavy atom. The summed E-state index contributed by atoms with van der Waals surface area (Å²) in [4.78, 5) is 22.4. The maximum absolute atomic E-state index is 12.7. The van der Waals surface area contributed by atoms with E-state index in [1.54, 1.807) is 17.5 Å². The second-order valence-corrected chi connectivity index (χ2v) is 6.99. The summed E-state index contributed by atoms with van der Waals surface area (Å²) in [5.41, 5.74) is 0. The van der Waals surface area contributed by atoms with Crippen LogP contribution in [0.2, 0.25) is 0 Å². The van der Waals surface area contributed by atoms with E-state index < -0.39 is 0 Å². The molecule has 3 heterocycles. The van der Waals surface area contributed by atoms with E-state index in [1.165, 1.54) is 19.4 Å². The predicted octanol–water partition coefficient (Wildman–Crippen LogP) is 2.40. The zero-order valence-corrected chi connectivity index (χ0v) is 13.2. The fourth-order valence-electron chi connectivity index (χ4n) is 3.58. The molecule has 0 saturated carbocycles. The number of carbonyl (C=O) groups is 1. The fourth-order valence-corrected chi connectivity index (χ4v) is 4.39. The van der Waals surface area contributed by atoms with Crippen LogP contribution >= 0.6 is 11.3 Å². The predicted molar refractivity (Wildman–Crippen MR) is 81.2 cm³/mol. The van der Waals surface area contributed by atoms with E-state index in [2.05, 4.69) is 28.8 Å². The Kier molecular flexibility index (Phi) is 4.08. The third kappa shape index (κ3) is 2.49. The van der Waals surface area contributed by atoms with Gasteiger partial charge in [-0.3, -0.25) is 4.79 Å². The molecule has 0 bridgehead atoms. The average Bonchev–Trinajstić information content (AvgIpc) is 3.17. The molecule has 1 aromatic heterocycles. The second-order valence-electron chi connectivity index (χ2n) is 5.87. The molecule has 20 heavy (non-hydrogen) atoms. The van der Waals surface area contributed by atoms with E-state index >= 15 is 0 Å². The lowest BCUT2D eigenvalue weighted by Crippen LogP contribution is -2.46. The van der Waals surface area contributed by atoms with Crippen LogP contribution in [-0.2, 0) is 6.42 Å². The first-order valence-electron chi connectivity index (χ1n) is 7.66. The van der Waals surface area contributed by atoms with Gasteiger partial charge >= 0.3 is 0 Å². The largest absolute Gasteiger partial charge is 0.333 e. The van der Waals surface area contributed by atoms with E-state index in [4.69, 9.17) is 0 Å². The number of amides is 1. The van der Waals surface area contributed by atoms with E-state index in [1.807, 2.05) is 0 Å². The topological polar surface area (TPSA) is 36.4 Å². The lowest BCUT2D eigenvalue weighted by Gasteiger charge is -2.33. The quantitative estimate of drug-likeness (QED) is 0.858. The highest BCUT2D eigenvalue weighted by Crippen LogP contribution is 2.30. The number of aromatic nitrogens is 1. The lowest BCUT2D eigenvalue weighted by molar-refractivity contribution is 0.0669. The first-order valence-corrected chi connectivity index (χ1v) is 8.48. The molecule has 0 N–H and O–H groups in total. The minimum atomic E-state index is 0.199. The van der Waals surface area contributed by atoms with Gasteiger partial charge in [-0.2, -0.15) is 0 Å². The molecule has 2 aliphatic rings. The minimum Gasteiger partial charge on any atom is -0.333 e. The van der Waals surface area contributed by atoms with Gasteiger partial charge < -0.3 is 9.80 Å². The van der Waals surface area contributed by atoms with Gasteiger partial charge in [-0.05, 0) is 45.7 Å². The van der Waals surface area contributed by atoms with Gasteiger partial charge in [0, 0.05) is 18.6 Å². The summed E-state index contributed by atoms with van der Waals surface area (Å²) < 4.78 is 0. The van der Waals surface area contributed by atoms with Crippen molar-refractivity contribution in [2.75, 3.05) is 20.1 Å². The molecule has 2 aliphatic heterocycles. The number of carbonyl (C=O) groups excluding carboxylic acids is 1. The molecule has 2 saturated heterocycles. The molecule has 1 aromatic rings. The van der Waals surface area contributed by atoms with Crippen molar-refractivity contribution in [3.63, 3.8) is 0 Å². The first-order chi connectivity index (χ1) is 9.70. The molecule has 0 unspecified atom stereocenters. The van der Waals surface area contributed by atoms with E-state index in [-0.39, 0.29) is 5.91 Å². The van der Waals surface area contributed by atoms with Crippen molar-refractivity contribution in [2.24, 2.45) is 0 Å². The summed E-state index contributed by atoms with van der Waals surface area (Å²) in [6.45, 7) is 4.16. The monoisotopic (exact) mass is 293 g/mol. The molecule has 0 aromatic carbocycles. The number of nitrogens with zero attached hydrogens (tertiary/aromatic N) is 3. The van der Waals surface area contributed by atoms with Crippen molar-refractivity contribution in [1.82, 2.24) is 14.8 Å². The van der Waals surface area contributed by atoms with Crippen LogP contribution in [0.3, 0.4) is 0 Å². The summed E-state index contributed by atoms with van der Waals surface area (Å²) >= 11 is 1.56. The Labute approximate surface area is 124 Å². The number of likely N-dealkylation sites (N-methyl/N-ethyl adjacent to an activating group) is 1. The molecule has 2 fully saturated rings. The van der Waals surface area contributed by atoms with E-state index in [0.717, 1.165) is 35.7 Å². The van der Waals surface area contributed by atoms with Crippen LogP contribution in [0.4, 0.5) is 0 Å². The van der Waals surface area contributed by atoms with Gasteiger partial charge in [0.1, 0.15) is 4.88 Å². The molecular weight excluding hydrogens is 270 g/mol. The number of thiazole rings is 1. The van der Waals surface area contributed by atoms with E-state index in [9.17, 15) is 4.79 Å². The minimum absolute atomic E-state index is 0.199. The molecule has 5 heteroatoms. The Hall–Kier alpha value is -0.940. The van der Waals surface area contributed by atoms with Crippen LogP contribution in [0.1, 0.15) is 47.3 Å². The Bertz CT molecular complexity index is 487. The van der Waals surface area contributed by atoms with Gasteiger partial charge in [0.2, 0.25) is 0 Å². The van der Waals surface area contributed by atoms with Crippen LogP contribution in [0.15, 0.2) is 6.20 Å². The van der Waals surface area contributed by atoms with Crippen molar-refractivity contribution in [1.29, 1.82) is 0 Å².